The minimum Gasteiger partial charge on any atom is -0.342 e. The molecule has 1 aromatic carbocycles. The monoisotopic (exact) mass is 336 g/mol. The van der Waals surface area contributed by atoms with Crippen molar-refractivity contribution in [3.63, 3.8) is 0 Å². The second-order valence-corrected chi connectivity index (χ2v) is 6.75. The van der Waals surface area contributed by atoms with Crippen molar-refractivity contribution in [1.29, 1.82) is 0 Å². The molecule has 0 bridgehead atoms. The van der Waals surface area contributed by atoms with Crippen LogP contribution in [0.25, 0.3) is 0 Å². The van der Waals surface area contributed by atoms with Gasteiger partial charge in [0.2, 0.25) is 11.8 Å². The SMILES string of the molecule is CC(=O)N1CCCC(C(=O)N2CCC(c3ccc(F)c(F)c3)C2)C1. The predicted octanol–water partition coefficient (Wildman–Crippen LogP) is 2.54. The fourth-order valence-electron chi connectivity index (χ4n) is 3.72. The van der Waals surface area contributed by atoms with Crippen LogP contribution in [-0.2, 0) is 9.59 Å². The number of benzene rings is 1. The third-order valence-corrected chi connectivity index (χ3v) is 5.13. The minimum absolute atomic E-state index is 0.00795. The summed E-state index contributed by atoms with van der Waals surface area (Å²) >= 11 is 0. The zero-order valence-electron chi connectivity index (χ0n) is 13.8. The topological polar surface area (TPSA) is 40.6 Å². The summed E-state index contributed by atoms with van der Waals surface area (Å²) in [5.74, 6) is -1.72. The molecule has 2 fully saturated rings. The molecule has 0 aromatic heterocycles. The van der Waals surface area contributed by atoms with E-state index in [0.717, 1.165) is 37.4 Å². The van der Waals surface area contributed by atoms with E-state index >= 15 is 0 Å². The van der Waals surface area contributed by atoms with E-state index in [9.17, 15) is 18.4 Å². The summed E-state index contributed by atoms with van der Waals surface area (Å²) in [6, 6.07) is 3.96. The number of rotatable bonds is 2. The summed E-state index contributed by atoms with van der Waals surface area (Å²) in [5.41, 5.74) is 0.734. The second-order valence-electron chi connectivity index (χ2n) is 6.75. The van der Waals surface area contributed by atoms with Gasteiger partial charge in [0, 0.05) is 39.0 Å². The Hall–Kier alpha value is -1.98. The maximum Gasteiger partial charge on any atom is 0.227 e. The zero-order chi connectivity index (χ0) is 17.3. The van der Waals surface area contributed by atoms with E-state index in [-0.39, 0.29) is 23.7 Å². The molecule has 2 unspecified atom stereocenters. The molecule has 0 spiro atoms. The Balaban J connectivity index is 1.63. The van der Waals surface area contributed by atoms with Crippen molar-refractivity contribution in [2.24, 2.45) is 5.92 Å². The molecule has 0 radical (unpaired) electrons. The van der Waals surface area contributed by atoms with Crippen LogP contribution in [-0.4, -0.2) is 47.8 Å². The second kappa shape index (κ2) is 6.87. The van der Waals surface area contributed by atoms with Gasteiger partial charge in [-0.3, -0.25) is 9.59 Å². The Kier molecular flexibility index (Phi) is 4.83. The van der Waals surface area contributed by atoms with Crippen LogP contribution in [0.2, 0.25) is 0 Å². The normalized spacial score (nSPS) is 24.3. The van der Waals surface area contributed by atoms with Gasteiger partial charge in [-0.25, -0.2) is 8.78 Å². The summed E-state index contributed by atoms with van der Waals surface area (Å²) in [6.07, 6.45) is 2.39. The first-order valence-corrected chi connectivity index (χ1v) is 8.45. The lowest BCUT2D eigenvalue weighted by Crippen LogP contribution is -2.45. The van der Waals surface area contributed by atoms with E-state index in [0.29, 0.717) is 19.6 Å². The lowest BCUT2D eigenvalue weighted by Gasteiger charge is -2.33. The molecule has 2 heterocycles. The van der Waals surface area contributed by atoms with Crippen molar-refractivity contribution in [3.8, 4) is 0 Å². The molecule has 0 aliphatic carbocycles. The van der Waals surface area contributed by atoms with E-state index in [1.54, 1.807) is 15.9 Å². The zero-order valence-corrected chi connectivity index (χ0v) is 13.8. The van der Waals surface area contributed by atoms with Gasteiger partial charge in [-0.2, -0.15) is 0 Å². The van der Waals surface area contributed by atoms with Crippen molar-refractivity contribution in [3.05, 3.63) is 35.4 Å². The first-order chi connectivity index (χ1) is 11.5. The Labute approximate surface area is 140 Å². The van der Waals surface area contributed by atoms with E-state index in [1.807, 2.05) is 0 Å². The van der Waals surface area contributed by atoms with Crippen molar-refractivity contribution in [2.75, 3.05) is 26.2 Å². The summed E-state index contributed by atoms with van der Waals surface area (Å²) < 4.78 is 26.5. The highest BCUT2D eigenvalue weighted by molar-refractivity contribution is 5.81. The molecule has 6 heteroatoms. The molecular formula is C18H22F2N2O2. The van der Waals surface area contributed by atoms with Gasteiger partial charge in [-0.15, -0.1) is 0 Å². The van der Waals surface area contributed by atoms with Crippen LogP contribution in [0, 0.1) is 17.6 Å². The molecule has 3 rings (SSSR count). The molecule has 1 aromatic rings. The molecule has 2 atom stereocenters. The third-order valence-electron chi connectivity index (χ3n) is 5.13. The first-order valence-electron chi connectivity index (χ1n) is 8.45. The molecule has 2 aliphatic rings. The number of hydrogen-bond acceptors (Lipinski definition) is 2. The third kappa shape index (κ3) is 3.42. The lowest BCUT2D eigenvalue weighted by atomic mass is 9.96. The predicted molar refractivity (Wildman–Crippen MR) is 85.3 cm³/mol. The first kappa shape index (κ1) is 16.9. The van der Waals surface area contributed by atoms with Crippen molar-refractivity contribution in [1.82, 2.24) is 9.80 Å². The van der Waals surface area contributed by atoms with Crippen LogP contribution >= 0.6 is 0 Å². The number of piperidine rings is 1. The smallest absolute Gasteiger partial charge is 0.227 e. The van der Waals surface area contributed by atoms with Gasteiger partial charge < -0.3 is 9.80 Å². The molecule has 24 heavy (non-hydrogen) atoms. The van der Waals surface area contributed by atoms with Crippen molar-refractivity contribution < 1.29 is 18.4 Å². The number of nitrogens with zero attached hydrogens (tertiary/aromatic N) is 2. The van der Waals surface area contributed by atoms with Crippen molar-refractivity contribution in [2.45, 2.75) is 32.1 Å². The van der Waals surface area contributed by atoms with Gasteiger partial charge in [-0.05, 0) is 37.0 Å². The van der Waals surface area contributed by atoms with Gasteiger partial charge in [0.05, 0.1) is 5.92 Å². The van der Waals surface area contributed by atoms with Gasteiger partial charge in [-0.1, -0.05) is 6.07 Å². The van der Waals surface area contributed by atoms with Crippen LogP contribution in [0.5, 0.6) is 0 Å². The summed E-state index contributed by atoms with van der Waals surface area (Å²) in [7, 11) is 0. The number of amides is 2. The average Bonchev–Trinajstić information content (AvgIpc) is 3.06. The quantitative estimate of drug-likeness (QED) is 0.833. The Morgan fingerprint density at radius 3 is 2.54 bits per heavy atom. The molecule has 2 aliphatic heterocycles. The average molecular weight is 336 g/mol. The summed E-state index contributed by atoms with van der Waals surface area (Å²) in [5, 5.41) is 0. The fraction of sp³-hybridized carbons (Fsp3) is 0.556. The summed E-state index contributed by atoms with van der Waals surface area (Å²) in [6.45, 7) is 3.89. The van der Waals surface area contributed by atoms with E-state index in [4.69, 9.17) is 0 Å². The highest BCUT2D eigenvalue weighted by Gasteiger charge is 2.34. The van der Waals surface area contributed by atoms with Gasteiger partial charge >= 0.3 is 0 Å². The Morgan fingerprint density at radius 2 is 1.83 bits per heavy atom. The molecule has 0 N–H and O–H groups in total. The Morgan fingerprint density at radius 1 is 1.04 bits per heavy atom. The van der Waals surface area contributed by atoms with Gasteiger partial charge in [0.1, 0.15) is 0 Å². The minimum atomic E-state index is -0.851. The molecule has 2 saturated heterocycles. The highest BCUT2D eigenvalue weighted by Crippen LogP contribution is 2.30. The maximum absolute atomic E-state index is 13.4. The molecule has 0 saturated carbocycles. The van der Waals surface area contributed by atoms with E-state index < -0.39 is 11.6 Å². The summed E-state index contributed by atoms with van der Waals surface area (Å²) in [4.78, 5) is 27.8. The number of carbonyl (C=O) groups excluding carboxylic acids is 2. The van der Waals surface area contributed by atoms with E-state index in [2.05, 4.69) is 0 Å². The van der Waals surface area contributed by atoms with E-state index in [1.165, 1.54) is 13.0 Å². The largest absolute Gasteiger partial charge is 0.342 e. The fourth-order valence-corrected chi connectivity index (χ4v) is 3.72. The molecule has 4 nitrogen and oxygen atoms in total. The number of likely N-dealkylation sites (tertiary alicyclic amines) is 2. The van der Waals surface area contributed by atoms with Gasteiger partial charge in [0.15, 0.2) is 11.6 Å². The maximum atomic E-state index is 13.4. The standard InChI is InChI=1S/C18H22F2N2O2/c1-12(23)21-7-2-3-15(11-21)18(24)22-8-6-14(10-22)13-4-5-16(19)17(20)9-13/h4-5,9,14-15H,2-3,6-8,10-11H2,1H3. The number of hydrogen-bond donors (Lipinski definition) is 0. The molecular weight excluding hydrogens is 314 g/mol. The number of carbonyl (C=O) groups is 2. The van der Waals surface area contributed by atoms with Crippen LogP contribution in [0.3, 0.4) is 0 Å². The number of halogens is 2. The Bertz CT molecular complexity index is 650. The van der Waals surface area contributed by atoms with Crippen LogP contribution < -0.4 is 0 Å². The van der Waals surface area contributed by atoms with Crippen LogP contribution in [0.1, 0.15) is 37.7 Å². The van der Waals surface area contributed by atoms with Crippen LogP contribution in [0.4, 0.5) is 8.78 Å². The molecule has 2 amide bonds. The van der Waals surface area contributed by atoms with Crippen LogP contribution in [0.15, 0.2) is 18.2 Å². The van der Waals surface area contributed by atoms with Gasteiger partial charge in [0.25, 0.3) is 0 Å². The highest BCUT2D eigenvalue weighted by atomic mass is 19.2. The lowest BCUT2D eigenvalue weighted by molar-refractivity contribution is -0.139. The molecule has 130 valence electrons. The van der Waals surface area contributed by atoms with Crippen molar-refractivity contribution >= 4 is 11.8 Å².